The average Bonchev–Trinajstić information content (AvgIpc) is 2.23. The average molecular weight is 228 g/mol. The third kappa shape index (κ3) is 1.79. The Balaban J connectivity index is 3.62. The summed E-state index contributed by atoms with van der Waals surface area (Å²) in [6.07, 6.45) is -0.582. The minimum atomic E-state index is -1.48. The Labute approximate surface area is 86.1 Å². The molecule has 0 amide bonds. The fourth-order valence-electron chi connectivity index (χ4n) is 1.07. The van der Waals surface area contributed by atoms with E-state index in [0.717, 1.165) is 0 Å². The van der Waals surface area contributed by atoms with Gasteiger partial charge < -0.3 is 0 Å². The van der Waals surface area contributed by atoms with Crippen LogP contribution in [0.25, 0.3) is 0 Å². The maximum Gasteiger partial charge on any atom is 0.177 e. The number of hydrogen-bond donors (Lipinski definition) is 0. The van der Waals surface area contributed by atoms with Crippen molar-refractivity contribution in [3.8, 4) is 12.1 Å². The SMILES string of the molecule is N#CCc1c(F)c(F)c(C#N)c(P)c1F. The first-order chi connectivity index (χ1) is 7.04. The standard InChI is InChI=1S/C9H4F3N2P/c10-6-4(1-2-13)8(12)9(15)5(3-14)7(6)11/h1,15H2. The monoisotopic (exact) mass is 228 g/mol. The molecule has 0 heterocycles. The molecule has 15 heavy (non-hydrogen) atoms. The minimum Gasteiger partial charge on any atom is -0.206 e. The van der Waals surface area contributed by atoms with Gasteiger partial charge in [-0.1, -0.05) is 0 Å². The summed E-state index contributed by atoms with van der Waals surface area (Å²) in [7, 11) is 1.82. The molecule has 1 aromatic carbocycles. The summed E-state index contributed by atoms with van der Waals surface area (Å²) in [6, 6.07) is 2.87. The Bertz CT molecular complexity index is 471. The zero-order valence-corrected chi connectivity index (χ0v) is 8.47. The molecule has 0 aliphatic carbocycles. The lowest BCUT2D eigenvalue weighted by molar-refractivity contribution is 0.484. The fourth-order valence-corrected chi connectivity index (χ4v) is 1.44. The van der Waals surface area contributed by atoms with Crippen molar-refractivity contribution in [3.63, 3.8) is 0 Å². The zero-order valence-electron chi connectivity index (χ0n) is 7.31. The summed E-state index contributed by atoms with van der Waals surface area (Å²) in [6.45, 7) is 0. The molecule has 1 unspecified atom stereocenters. The number of nitrogens with zero attached hydrogens (tertiary/aromatic N) is 2. The highest BCUT2D eigenvalue weighted by Crippen LogP contribution is 2.20. The molecule has 1 rings (SSSR count). The van der Waals surface area contributed by atoms with Crippen LogP contribution in [0.15, 0.2) is 0 Å². The van der Waals surface area contributed by atoms with Crippen molar-refractivity contribution in [2.45, 2.75) is 6.42 Å². The first-order valence-corrected chi connectivity index (χ1v) is 4.34. The fraction of sp³-hybridized carbons (Fsp3) is 0.111. The molecule has 0 aromatic heterocycles. The molecule has 0 radical (unpaired) electrons. The van der Waals surface area contributed by atoms with Crippen LogP contribution < -0.4 is 5.30 Å². The molecule has 0 aliphatic rings. The predicted octanol–water partition coefficient (Wildman–Crippen LogP) is 1.54. The molecule has 0 saturated carbocycles. The Morgan fingerprint density at radius 2 is 1.67 bits per heavy atom. The van der Waals surface area contributed by atoms with Gasteiger partial charge in [0, 0.05) is 10.9 Å². The van der Waals surface area contributed by atoms with Gasteiger partial charge in [-0.3, -0.25) is 0 Å². The second kappa shape index (κ2) is 4.29. The van der Waals surface area contributed by atoms with Crippen LogP contribution >= 0.6 is 9.24 Å². The predicted molar refractivity (Wildman–Crippen MR) is 49.7 cm³/mol. The summed E-state index contributed by atoms with van der Waals surface area (Å²) >= 11 is 0. The van der Waals surface area contributed by atoms with Crippen LogP contribution in [0, 0.1) is 40.1 Å². The Hall–Kier alpha value is -1.58. The lowest BCUT2D eigenvalue weighted by Gasteiger charge is -2.07. The van der Waals surface area contributed by atoms with E-state index in [4.69, 9.17) is 10.5 Å². The number of halogens is 3. The highest BCUT2D eigenvalue weighted by Gasteiger charge is 2.22. The summed E-state index contributed by atoms with van der Waals surface area (Å²) in [5.41, 5.74) is -1.35. The quantitative estimate of drug-likeness (QED) is 0.540. The molecular formula is C9H4F3N2P. The Morgan fingerprint density at radius 3 is 2.13 bits per heavy atom. The van der Waals surface area contributed by atoms with Gasteiger partial charge in [0.2, 0.25) is 0 Å². The van der Waals surface area contributed by atoms with Gasteiger partial charge in [-0.25, -0.2) is 13.2 Å². The van der Waals surface area contributed by atoms with Crippen molar-refractivity contribution in [1.82, 2.24) is 0 Å². The molecule has 1 aromatic rings. The second-order valence-corrected chi connectivity index (χ2v) is 3.23. The van der Waals surface area contributed by atoms with Gasteiger partial charge in [0.15, 0.2) is 11.6 Å². The number of nitriles is 2. The normalized spacial score (nSPS) is 9.47. The van der Waals surface area contributed by atoms with Crippen molar-refractivity contribution in [2.75, 3.05) is 0 Å². The number of hydrogen-bond acceptors (Lipinski definition) is 2. The molecule has 6 heteroatoms. The molecule has 0 aliphatic heterocycles. The topological polar surface area (TPSA) is 47.6 Å². The van der Waals surface area contributed by atoms with Gasteiger partial charge in [0.25, 0.3) is 0 Å². The minimum absolute atomic E-state index is 0.360. The first-order valence-electron chi connectivity index (χ1n) is 3.76. The molecule has 0 saturated heterocycles. The van der Waals surface area contributed by atoms with Crippen molar-refractivity contribution in [1.29, 1.82) is 10.5 Å². The second-order valence-electron chi connectivity index (χ2n) is 2.66. The Morgan fingerprint density at radius 1 is 1.07 bits per heavy atom. The summed E-state index contributed by atoms with van der Waals surface area (Å²) in [4.78, 5) is 0. The van der Waals surface area contributed by atoms with Crippen molar-refractivity contribution in [2.24, 2.45) is 0 Å². The van der Waals surface area contributed by atoms with Crippen molar-refractivity contribution < 1.29 is 13.2 Å². The van der Waals surface area contributed by atoms with E-state index in [1.54, 1.807) is 0 Å². The summed E-state index contributed by atoms with van der Waals surface area (Å²) < 4.78 is 39.6. The molecule has 0 bridgehead atoms. The van der Waals surface area contributed by atoms with Crippen LogP contribution in [0.5, 0.6) is 0 Å². The summed E-state index contributed by atoms with van der Waals surface area (Å²) in [5.74, 6) is -3.97. The van der Waals surface area contributed by atoms with E-state index in [9.17, 15) is 13.2 Å². The van der Waals surface area contributed by atoms with Gasteiger partial charge >= 0.3 is 0 Å². The number of benzene rings is 1. The lowest BCUT2D eigenvalue weighted by atomic mass is 10.1. The van der Waals surface area contributed by atoms with Crippen LogP contribution in [-0.4, -0.2) is 0 Å². The molecule has 1 atom stereocenters. The maximum atomic E-state index is 13.3. The van der Waals surface area contributed by atoms with E-state index in [1.807, 2.05) is 9.24 Å². The first kappa shape index (κ1) is 11.5. The molecule has 2 nitrogen and oxygen atoms in total. The van der Waals surface area contributed by atoms with E-state index in [1.165, 1.54) is 12.1 Å². The van der Waals surface area contributed by atoms with Crippen molar-refractivity contribution in [3.05, 3.63) is 28.6 Å². The van der Waals surface area contributed by atoms with Crippen LogP contribution in [0.4, 0.5) is 13.2 Å². The highest BCUT2D eigenvalue weighted by molar-refractivity contribution is 7.27. The molecule has 0 spiro atoms. The Kier molecular flexibility index (Phi) is 3.29. The van der Waals surface area contributed by atoms with Gasteiger partial charge in [-0.15, -0.1) is 9.24 Å². The van der Waals surface area contributed by atoms with Crippen LogP contribution in [-0.2, 0) is 6.42 Å². The van der Waals surface area contributed by atoms with Gasteiger partial charge in [-0.2, -0.15) is 10.5 Å². The third-order valence-corrected chi connectivity index (χ3v) is 2.36. The molecule has 76 valence electrons. The van der Waals surface area contributed by atoms with Crippen LogP contribution in [0.1, 0.15) is 11.1 Å². The number of rotatable bonds is 1. The van der Waals surface area contributed by atoms with Gasteiger partial charge in [0.05, 0.1) is 12.5 Å². The van der Waals surface area contributed by atoms with Crippen LogP contribution in [0.3, 0.4) is 0 Å². The van der Waals surface area contributed by atoms with Gasteiger partial charge in [-0.05, 0) is 0 Å². The largest absolute Gasteiger partial charge is 0.206 e. The smallest absolute Gasteiger partial charge is 0.177 e. The zero-order chi connectivity index (χ0) is 11.6. The molecular weight excluding hydrogens is 224 g/mol. The molecule has 0 N–H and O–H groups in total. The van der Waals surface area contributed by atoms with E-state index in [2.05, 4.69) is 0 Å². The molecule has 0 fully saturated rings. The maximum absolute atomic E-state index is 13.3. The van der Waals surface area contributed by atoms with Gasteiger partial charge in [0.1, 0.15) is 17.4 Å². The van der Waals surface area contributed by atoms with E-state index in [0.29, 0.717) is 0 Å². The lowest BCUT2D eigenvalue weighted by Crippen LogP contribution is -2.14. The van der Waals surface area contributed by atoms with E-state index < -0.39 is 35.0 Å². The summed E-state index contributed by atoms with van der Waals surface area (Å²) in [5, 5.41) is 16.4. The van der Waals surface area contributed by atoms with E-state index >= 15 is 0 Å². The van der Waals surface area contributed by atoms with Crippen LogP contribution in [0.2, 0.25) is 0 Å². The third-order valence-electron chi connectivity index (χ3n) is 1.82. The highest BCUT2D eigenvalue weighted by atomic mass is 31.0. The van der Waals surface area contributed by atoms with Crippen molar-refractivity contribution >= 4 is 14.5 Å². The van der Waals surface area contributed by atoms with E-state index in [-0.39, 0.29) is 5.30 Å².